The topological polar surface area (TPSA) is 83.8 Å². The van der Waals surface area contributed by atoms with Gasteiger partial charge < -0.3 is 14.9 Å². The second kappa shape index (κ2) is 9.40. The number of rotatable bonds is 8. The van der Waals surface area contributed by atoms with Crippen LogP contribution in [0.5, 0.6) is 5.75 Å². The average molecular weight is 451 g/mol. The lowest BCUT2D eigenvalue weighted by Crippen LogP contribution is -2.56. The first-order valence-corrected chi connectivity index (χ1v) is 11.9. The minimum Gasteiger partial charge on any atom is -0.489 e. The van der Waals surface area contributed by atoms with E-state index < -0.39 is 23.4 Å². The van der Waals surface area contributed by atoms with E-state index in [2.05, 4.69) is 19.1 Å². The fourth-order valence-electron chi connectivity index (χ4n) is 6.21. The number of hydrogen-bond donors (Lipinski definition) is 2. The summed E-state index contributed by atoms with van der Waals surface area (Å²) in [6, 6.07) is 16.2. The number of carbonyl (C=O) groups excluding carboxylic acids is 2. The molecule has 5 heteroatoms. The van der Waals surface area contributed by atoms with Crippen LogP contribution in [-0.2, 0) is 22.6 Å². The molecule has 2 aliphatic rings. The SMILES string of the molecule is Cc1ccc(OCc2ccccc2)cc1CCC1CC(=O)CC2(C)C1CC[C@]2(O)C(=O)CO. The lowest BCUT2D eigenvalue weighted by molar-refractivity contribution is -0.161. The first kappa shape index (κ1) is 23.7. The summed E-state index contributed by atoms with van der Waals surface area (Å²) in [5.41, 5.74) is 1.08. The second-order valence-electron chi connectivity index (χ2n) is 10.1. The minimum atomic E-state index is -1.61. The zero-order valence-electron chi connectivity index (χ0n) is 19.5. The average Bonchev–Trinajstić information content (AvgIpc) is 3.08. The highest BCUT2D eigenvalue weighted by Crippen LogP contribution is 2.59. The van der Waals surface area contributed by atoms with Crippen molar-refractivity contribution < 1.29 is 24.5 Å². The van der Waals surface area contributed by atoms with Gasteiger partial charge in [0.2, 0.25) is 0 Å². The number of aliphatic hydroxyl groups is 2. The molecule has 3 unspecified atom stereocenters. The van der Waals surface area contributed by atoms with Gasteiger partial charge in [-0.1, -0.05) is 43.3 Å². The van der Waals surface area contributed by atoms with Gasteiger partial charge in [-0.2, -0.15) is 0 Å². The fraction of sp³-hybridized carbons (Fsp3) is 0.500. The number of benzene rings is 2. The Morgan fingerprint density at radius 3 is 2.67 bits per heavy atom. The molecule has 5 nitrogen and oxygen atoms in total. The molecule has 0 radical (unpaired) electrons. The molecule has 0 amide bonds. The number of ketones is 2. The molecule has 0 aliphatic heterocycles. The Labute approximate surface area is 195 Å². The van der Waals surface area contributed by atoms with Crippen LogP contribution < -0.4 is 4.74 Å². The predicted octanol–water partition coefficient (Wildman–Crippen LogP) is 4.19. The first-order chi connectivity index (χ1) is 15.8. The monoisotopic (exact) mass is 450 g/mol. The predicted molar refractivity (Wildman–Crippen MR) is 126 cm³/mol. The standard InChI is InChI=1S/C28H34O5/c1-19-8-11-24(33-18-20-6-4-3-5-7-20)15-21(19)9-10-22-14-23(30)16-27(2)25(22)12-13-28(27,32)26(31)17-29/h3-8,11,15,22,25,29,32H,9-10,12-14,16-18H2,1-2H3/t22?,25?,27?,28-/m0/s1. The molecule has 33 heavy (non-hydrogen) atoms. The number of fused-ring (bicyclic) bond motifs is 1. The number of aryl methyl sites for hydroxylation is 2. The van der Waals surface area contributed by atoms with Gasteiger partial charge in [-0.05, 0) is 73.3 Å². The van der Waals surface area contributed by atoms with E-state index in [1.54, 1.807) is 0 Å². The van der Waals surface area contributed by atoms with E-state index in [0.717, 1.165) is 24.2 Å². The van der Waals surface area contributed by atoms with Gasteiger partial charge >= 0.3 is 0 Å². The molecule has 4 rings (SSSR count). The highest BCUT2D eigenvalue weighted by molar-refractivity contribution is 5.91. The summed E-state index contributed by atoms with van der Waals surface area (Å²) in [4.78, 5) is 25.1. The molecule has 2 aromatic carbocycles. The first-order valence-electron chi connectivity index (χ1n) is 11.9. The van der Waals surface area contributed by atoms with Gasteiger partial charge in [0.1, 0.15) is 30.3 Å². The molecule has 2 N–H and O–H groups in total. The van der Waals surface area contributed by atoms with Gasteiger partial charge in [0.25, 0.3) is 0 Å². The summed E-state index contributed by atoms with van der Waals surface area (Å²) >= 11 is 0. The van der Waals surface area contributed by atoms with Crippen molar-refractivity contribution in [2.24, 2.45) is 17.3 Å². The van der Waals surface area contributed by atoms with Crippen molar-refractivity contribution in [1.29, 1.82) is 0 Å². The smallest absolute Gasteiger partial charge is 0.190 e. The fourth-order valence-corrected chi connectivity index (χ4v) is 6.21. The zero-order chi connectivity index (χ0) is 23.6. The molecule has 0 saturated heterocycles. The molecular weight excluding hydrogens is 416 g/mol. The lowest BCUT2D eigenvalue weighted by Gasteiger charge is -2.47. The Hall–Kier alpha value is -2.50. The highest BCUT2D eigenvalue weighted by atomic mass is 16.5. The van der Waals surface area contributed by atoms with Crippen LogP contribution in [-0.4, -0.2) is 34.0 Å². The van der Waals surface area contributed by atoms with Crippen LogP contribution >= 0.6 is 0 Å². The molecule has 0 heterocycles. The lowest BCUT2D eigenvalue weighted by atomic mass is 9.58. The Kier molecular flexibility index (Phi) is 6.73. The van der Waals surface area contributed by atoms with Crippen LogP contribution in [0.25, 0.3) is 0 Å². The van der Waals surface area contributed by atoms with Crippen molar-refractivity contribution in [1.82, 2.24) is 0 Å². The molecule has 2 aromatic rings. The highest BCUT2D eigenvalue weighted by Gasteiger charge is 2.63. The maximum absolute atomic E-state index is 12.7. The number of aliphatic hydroxyl groups excluding tert-OH is 1. The normalized spacial score (nSPS) is 29.0. The maximum atomic E-state index is 12.7. The summed E-state index contributed by atoms with van der Waals surface area (Å²) in [7, 11) is 0. The minimum absolute atomic E-state index is 0.0912. The molecule has 0 bridgehead atoms. The number of Topliss-reactive ketones (excluding diaryl/α,β-unsaturated/α-hetero) is 2. The van der Waals surface area contributed by atoms with E-state index in [-0.39, 0.29) is 24.0 Å². The quantitative estimate of drug-likeness (QED) is 0.630. The van der Waals surface area contributed by atoms with E-state index in [1.807, 2.05) is 43.3 Å². The van der Waals surface area contributed by atoms with Gasteiger partial charge in [0.15, 0.2) is 5.78 Å². The third-order valence-corrected chi connectivity index (χ3v) is 8.16. The van der Waals surface area contributed by atoms with Gasteiger partial charge in [0.05, 0.1) is 0 Å². The van der Waals surface area contributed by atoms with Crippen molar-refractivity contribution in [2.45, 2.75) is 64.6 Å². The summed E-state index contributed by atoms with van der Waals surface area (Å²) in [6.45, 7) is 3.78. The Balaban J connectivity index is 1.46. The van der Waals surface area contributed by atoms with Crippen LogP contribution in [0.3, 0.4) is 0 Å². The Morgan fingerprint density at radius 2 is 1.94 bits per heavy atom. The van der Waals surface area contributed by atoms with Gasteiger partial charge in [-0.25, -0.2) is 0 Å². The summed E-state index contributed by atoms with van der Waals surface area (Å²) in [6.07, 6.45) is 3.35. The van der Waals surface area contributed by atoms with Crippen molar-refractivity contribution in [3.05, 3.63) is 65.2 Å². The van der Waals surface area contributed by atoms with E-state index in [1.165, 1.54) is 11.1 Å². The summed E-state index contributed by atoms with van der Waals surface area (Å²) in [5.74, 6) is 0.577. The maximum Gasteiger partial charge on any atom is 0.190 e. The molecule has 0 aromatic heterocycles. The van der Waals surface area contributed by atoms with Crippen molar-refractivity contribution in [3.8, 4) is 5.75 Å². The third-order valence-electron chi connectivity index (χ3n) is 8.16. The zero-order valence-corrected chi connectivity index (χ0v) is 19.5. The Morgan fingerprint density at radius 1 is 1.18 bits per heavy atom. The van der Waals surface area contributed by atoms with Crippen molar-refractivity contribution in [2.75, 3.05) is 6.61 Å². The van der Waals surface area contributed by atoms with Crippen molar-refractivity contribution >= 4 is 11.6 Å². The van der Waals surface area contributed by atoms with Crippen LogP contribution in [0.15, 0.2) is 48.5 Å². The van der Waals surface area contributed by atoms with Crippen molar-refractivity contribution in [3.63, 3.8) is 0 Å². The van der Waals surface area contributed by atoms with Crippen LogP contribution in [0.2, 0.25) is 0 Å². The largest absolute Gasteiger partial charge is 0.489 e. The third kappa shape index (κ3) is 4.49. The molecule has 2 aliphatic carbocycles. The summed E-state index contributed by atoms with van der Waals surface area (Å²) < 4.78 is 6.00. The Bertz CT molecular complexity index is 1020. The van der Waals surface area contributed by atoms with E-state index in [0.29, 0.717) is 25.9 Å². The molecule has 0 spiro atoms. The van der Waals surface area contributed by atoms with E-state index >= 15 is 0 Å². The molecule has 176 valence electrons. The number of ether oxygens (including phenoxy) is 1. The molecular formula is C28H34O5. The number of carbonyl (C=O) groups is 2. The summed E-state index contributed by atoms with van der Waals surface area (Å²) in [5, 5.41) is 20.6. The van der Waals surface area contributed by atoms with Gasteiger partial charge in [-0.15, -0.1) is 0 Å². The number of hydrogen-bond acceptors (Lipinski definition) is 5. The molecule has 4 atom stereocenters. The van der Waals surface area contributed by atoms with Gasteiger partial charge in [-0.3, -0.25) is 9.59 Å². The van der Waals surface area contributed by atoms with Crippen LogP contribution in [0, 0.1) is 24.2 Å². The molecule has 2 saturated carbocycles. The second-order valence-corrected chi connectivity index (χ2v) is 10.1. The van der Waals surface area contributed by atoms with E-state index in [9.17, 15) is 19.8 Å². The van der Waals surface area contributed by atoms with Gasteiger partial charge in [0, 0.05) is 18.3 Å². The van der Waals surface area contributed by atoms with Crippen LogP contribution in [0.4, 0.5) is 0 Å². The van der Waals surface area contributed by atoms with E-state index in [4.69, 9.17) is 4.74 Å². The molecule has 2 fully saturated rings. The van der Waals surface area contributed by atoms with Crippen LogP contribution in [0.1, 0.15) is 55.7 Å².